The van der Waals surface area contributed by atoms with Gasteiger partial charge in [-0.05, 0) is 36.4 Å². The molecule has 0 spiro atoms. The number of carbonyl (C=O) groups excluding carboxylic acids is 1. The number of nitrogens with one attached hydrogen (secondary N) is 1. The molecule has 1 aliphatic rings. The molecular weight excluding hydrogens is 398 g/mol. The lowest BCUT2D eigenvalue weighted by Gasteiger charge is -2.19. The van der Waals surface area contributed by atoms with E-state index in [-0.39, 0.29) is 5.91 Å². The fourth-order valence-electron chi connectivity index (χ4n) is 3.31. The number of thioether (sulfide) groups is 1. The smallest absolute Gasteiger partial charge is 0.256 e. The van der Waals surface area contributed by atoms with E-state index in [1.165, 1.54) is 0 Å². The third-order valence-corrected chi connectivity index (χ3v) is 5.83. The monoisotopic (exact) mass is 417 g/mol. The number of aromatic nitrogens is 2. The maximum Gasteiger partial charge on any atom is 0.256 e. The lowest BCUT2D eigenvalue weighted by Crippen LogP contribution is -2.16. The van der Waals surface area contributed by atoms with Gasteiger partial charge in [0.1, 0.15) is 18.9 Å². The third kappa shape index (κ3) is 3.84. The molecule has 150 valence electrons. The number of rotatable bonds is 5. The molecule has 0 unspecified atom stereocenters. The van der Waals surface area contributed by atoms with Crippen LogP contribution in [0.2, 0.25) is 0 Å². The maximum atomic E-state index is 12.9. The molecule has 4 aromatic rings. The number of amides is 1. The van der Waals surface area contributed by atoms with Crippen LogP contribution in [-0.2, 0) is 5.75 Å². The van der Waals surface area contributed by atoms with Gasteiger partial charge in [0.05, 0.1) is 11.3 Å². The van der Waals surface area contributed by atoms with Crippen LogP contribution in [0.15, 0.2) is 78.0 Å². The van der Waals surface area contributed by atoms with E-state index < -0.39 is 0 Å². The Hall–Kier alpha value is -3.45. The van der Waals surface area contributed by atoms with Crippen molar-refractivity contribution in [2.45, 2.75) is 10.6 Å². The highest BCUT2D eigenvalue weighted by Crippen LogP contribution is 2.33. The predicted molar refractivity (Wildman–Crippen MR) is 117 cm³/mol. The Balaban J connectivity index is 1.32. The zero-order chi connectivity index (χ0) is 20.3. The van der Waals surface area contributed by atoms with E-state index in [0.717, 1.165) is 16.2 Å². The van der Waals surface area contributed by atoms with Gasteiger partial charge in [0, 0.05) is 34.8 Å². The quantitative estimate of drug-likeness (QED) is 0.479. The molecule has 0 saturated carbocycles. The van der Waals surface area contributed by atoms with Gasteiger partial charge in [-0.1, -0.05) is 18.2 Å². The number of nitrogens with zero attached hydrogens (tertiary/aromatic N) is 2. The van der Waals surface area contributed by atoms with Crippen LogP contribution >= 0.6 is 11.8 Å². The van der Waals surface area contributed by atoms with Crippen LogP contribution in [0.5, 0.6) is 11.5 Å². The molecule has 6 nitrogen and oxygen atoms in total. The molecule has 3 heterocycles. The van der Waals surface area contributed by atoms with Crippen molar-refractivity contribution in [2.24, 2.45) is 0 Å². The Bertz CT molecular complexity index is 1190. The third-order valence-electron chi connectivity index (χ3n) is 4.72. The highest BCUT2D eigenvalue weighted by molar-refractivity contribution is 7.98. The fourth-order valence-corrected chi connectivity index (χ4v) is 4.24. The van der Waals surface area contributed by atoms with Crippen LogP contribution in [0.4, 0.5) is 5.69 Å². The first-order valence-corrected chi connectivity index (χ1v) is 10.6. The van der Waals surface area contributed by atoms with Gasteiger partial charge in [0.15, 0.2) is 11.5 Å². The summed E-state index contributed by atoms with van der Waals surface area (Å²) in [5, 5.41) is 2.96. The number of pyridine rings is 1. The second kappa shape index (κ2) is 8.12. The van der Waals surface area contributed by atoms with Crippen molar-refractivity contribution in [3.63, 3.8) is 0 Å². The lowest BCUT2D eigenvalue weighted by molar-refractivity contribution is 0.102. The van der Waals surface area contributed by atoms with Crippen molar-refractivity contribution in [2.75, 3.05) is 18.5 Å². The van der Waals surface area contributed by atoms with Crippen LogP contribution in [0.3, 0.4) is 0 Å². The molecule has 1 N–H and O–H groups in total. The van der Waals surface area contributed by atoms with Crippen LogP contribution in [0.25, 0.3) is 5.65 Å². The highest BCUT2D eigenvalue weighted by Gasteiger charge is 2.15. The Labute approximate surface area is 177 Å². The van der Waals surface area contributed by atoms with Gasteiger partial charge in [-0.3, -0.25) is 4.79 Å². The second-order valence-electron chi connectivity index (χ2n) is 6.80. The van der Waals surface area contributed by atoms with Crippen molar-refractivity contribution in [1.29, 1.82) is 0 Å². The second-order valence-corrected chi connectivity index (χ2v) is 7.81. The van der Waals surface area contributed by atoms with E-state index in [1.54, 1.807) is 17.8 Å². The SMILES string of the molecule is O=C(Nc1ccc2c(c1)OCCO2)c1ccccc1SCc1cn2ccccc2n1. The molecule has 0 atom stereocenters. The van der Waals surface area contributed by atoms with Gasteiger partial charge in [0.2, 0.25) is 0 Å². The average Bonchev–Trinajstić information content (AvgIpc) is 3.21. The summed E-state index contributed by atoms with van der Waals surface area (Å²) in [4.78, 5) is 18.5. The molecule has 0 fully saturated rings. The minimum atomic E-state index is -0.162. The van der Waals surface area contributed by atoms with Gasteiger partial charge in [-0.15, -0.1) is 11.8 Å². The molecule has 0 aliphatic carbocycles. The Kier molecular flexibility index (Phi) is 5.03. The minimum Gasteiger partial charge on any atom is -0.486 e. The molecule has 2 aromatic carbocycles. The summed E-state index contributed by atoms with van der Waals surface area (Å²) in [7, 11) is 0. The number of ether oxygens (including phenoxy) is 2. The zero-order valence-electron chi connectivity index (χ0n) is 16.1. The first-order chi connectivity index (χ1) is 14.8. The molecule has 2 aromatic heterocycles. The van der Waals surface area contributed by atoms with Crippen LogP contribution in [-0.4, -0.2) is 28.5 Å². The molecular formula is C23H19N3O3S. The Morgan fingerprint density at radius 3 is 2.77 bits per heavy atom. The van der Waals surface area contributed by atoms with Crippen LogP contribution in [0, 0.1) is 0 Å². The number of benzene rings is 2. The van der Waals surface area contributed by atoms with E-state index >= 15 is 0 Å². The molecule has 1 amide bonds. The van der Waals surface area contributed by atoms with Crippen molar-refractivity contribution in [3.8, 4) is 11.5 Å². The van der Waals surface area contributed by atoms with Gasteiger partial charge >= 0.3 is 0 Å². The number of hydrogen-bond acceptors (Lipinski definition) is 5. The van der Waals surface area contributed by atoms with E-state index in [4.69, 9.17) is 9.47 Å². The number of carbonyl (C=O) groups is 1. The van der Waals surface area contributed by atoms with Crippen molar-refractivity contribution < 1.29 is 14.3 Å². The molecule has 7 heteroatoms. The predicted octanol–water partition coefficient (Wildman–Crippen LogP) is 4.65. The number of anilines is 1. The minimum absolute atomic E-state index is 0.162. The summed E-state index contributed by atoms with van der Waals surface area (Å²) in [5.41, 5.74) is 3.18. The topological polar surface area (TPSA) is 64.9 Å². The van der Waals surface area contributed by atoms with Crippen molar-refractivity contribution in [1.82, 2.24) is 9.38 Å². The number of hydrogen-bond donors (Lipinski definition) is 1. The summed E-state index contributed by atoms with van der Waals surface area (Å²) in [6.07, 6.45) is 3.99. The molecule has 0 saturated heterocycles. The molecule has 0 radical (unpaired) electrons. The first kappa shape index (κ1) is 18.6. The number of fused-ring (bicyclic) bond motifs is 2. The summed E-state index contributed by atoms with van der Waals surface area (Å²) < 4.78 is 13.1. The van der Waals surface area contributed by atoms with Crippen LogP contribution < -0.4 is 14.8 Å². The molecule has 1 aliphatic heterocycles. The van der Waals surface area contributed by atoms with Gasteiger partial charge in [0.25, 0.3) is 5.91 Å². The molecule has 30 heavy (non-hydrogen) atoms. The number of imidazole rings is 1. The lowest BCUT2D eigenvalue weighted by atomic mass is 10.2. The van der Waals surface area contributed by atoms with Gasteiger partial charge in [-0.25, -0.2) is 4.98 Å². The van der Waals surface area contributed by atoms with Gasteiger partial charge < -0.3 is 19.2 Å². The van der Waals surface area contributed by atoms with E-state index in [9.17, 15) is 4.79 Å². The van der Waals surface area contributed by atoms with E-state index in [1.807, 2.05) is 71.4 Å². The largest absolute Gasteiger partial charge is 0.486 e. The molecule has 5 rings (SSSR count). The fraction of sp³-hybridized carbons (Fsp3) is 0.130. The van der Waals surface area contributed by atoms with Crippen molar-refractivity contribution in [3.05, 3.63) is 84.3 Å². The maximum absolute atomic E-state index is 12.9. The van der Waals surface area contributed by atoms with Crippen molar-refractivity contribution >= 4 is 29.0 Å². The highest BCUT2D eigenvalue weighted by atomic mass is 32.2. The normalized spacial score (nSPS) is 12.7. The summed E-state index contributed by atoms with van der Waals surface area (Å²) in [5.74, 6) is 1.86. The first-order valence-electron chi connectivity index (χ1n) is 9.62. The average molecular weight is 417 g/mol. The van der Waals surface area contributed by atoms with E-state index in [0.29, 0.717) is 41.7 Å². The van der Waals surface area contributed by atoms with Crippen LogP contribution in [0.1, 0.15) is 16.1 Å². The summed E-state index contributed by atoms with van der Waals surface area (Å²) in [6.45, 7) is 1.04. The van der Waals surface area contributed by atoms with Gasteiger partial charge in [-0.2, -0.15) is 0 Å². The van der Waals surface area contributed by atoms with E-state index in [2.05, 4.69) is 10.3 Å². The summed E-state index contributed by atoms with van der Waals surface area (Å²) in [6, 6.07) is 18.9. The zero-order valence-corrected chi connectivity index (χ0v) is 16.9. The summed E-state index contributed by atoms with van der Waals surface area (Å²) >= 11 is 1.60. The Morgan fingerprint density at radius 2 is 1.87 bits per heavy atom. The standard InChI is InChI=1S/C23H19N3O3S/c27-23(25-16-8-9-19-20(13-16)29-12-11-28-19)18-5-1-2-6-21(18)30-15-17-14-26-10-4-3-7-22(26)24-17/h1-10,13-14H,11-12,15H2,(H,25,27). The Morgan fingerprint density at radius 1 is 1.03 bits per heavy atom. The molecule has 0 bridgehead atoms.